The summed E-state index contributed by atoms with van der Waals surface area (Å²) in [5, 5.41) is 4.47. The minimum Gasteiger partial charge on any atom is -0.350 e. The summed E-state index contributed by atoms with van der Waals surface area (Å²) in [6.45, 7) is 0.431. The number of hydrogen-bond donors (Lipinski definition) is 2. The third kappa shape index (κ3) is 3.01. The molecule has 0 bridgehead atoms. The number of H-pyrrole nitrogens is 1. The molecule has 2 fully saturated rings. The zero-order valence-corrected chi connectivity index (χ0v) is 14.6. The van der Waals surface area contributed by atoms with E-state index < -0.39 is 18.0 Å². The lowest BCUT2D eigenvalue weighted by molar-refractivity contribution is -0.151. The number of urea groups is 1. The van der Waals surface area contributed by atoms with Crippen LogP contribution in [0, 0.1) is 0 Å². The summed E-state index contributed by atoms with van der Waals surface area (Å²) in [7, 11) is 0. The molecule has 140 valence electrons. The lowest BCUT2D eigenvalue weighted by atomic mass is 10.1. The molecule has 2 aromatic rings. The Bertz CT molecular complexity index is 890. The van der Waals surface area contributed by atoms with Gasteiger partial charge in [-0.25, -0.2) is 19.8 Å². The van der Waals surface area contributed by atoms with Crippen LogP contribution in [0.2, 0.25) is 0 Å². The van der Waals surface area contributed by atoms with Gasteiger partial charge in [0.1, 0.15) is 18.0 Å². The number of benzene rings is 1. The van der Waals surface area contributed by atoms with Gasteiger partial charge in [0.05, 0.1) is 6.54 Å². The van der Waals surface area contributed by atoms with Crippen LogP contribution in [0.25, 0.3) is 10.9 Å². The van der Waals surface area contributed by atoms with Gasteiger partial charge in [0, 0.05) is 23.9 Å². The summed E-state index contributed by atoms with van der Waals surface area (Å²) < 4.78 is 0. The van der Waals surface area contributed by atoms with Crippen LogP contribution in [0.15, 0.2) is 30.3 Å². The zero-order chi connectivity index (χ0) is 19.0. The number of carbonyl (C=O) groups excluding carboxylic acids is 4. The van der Waals surface area contributed by atoms with Gasteiger partial charge in [-0.1, -0.05) is 18.2 Å². The average molecular weight is 369 g/mol. The molecule has 0 unspecified atom stereocenters. The normalized spacial score (nSPS) is 20.4. The molecule has 2 aliphatic heterocycles. The standard InChI is InChI=1S/C18H19N5O4/c24-11-13-5-3-8-22-16(25)7-9-21(18(27)23(13)22)20-17(26)15-10-12-4-1-2-6-14(12)19-15/h1-2,4,6,10-11,13,19H,3,5,7-9H2,(H,20,26)/t13-/m0/s1. The monoisotopic (exact) mass is 369 g/mol. The molecule has 1 atom stereocenters. The van der Waals surface area contributed by atoms with Gasteiger partial charge in [-0.2, -0.15) is 0 Å². The number of carbonyl (C=O) groups is 4. The van der Waals surface area contributed by atoms with E-state index in [1.807, 2.05) is 24.3 Å². The van der Waals surface area contributed by atoms with Gasteiger partial charge in [-0.15, -0.1) is 0 Å². The molecule has 3 heterocycles. The summed E-state index contributed by atoms with van der Waals surface area (Å²) in [6.07, 6.45) is 1.88. The molecule has 0 aliphatic carbocycles. The molecule has 2 N–H and O–H groups in total. The maximum atomic E-state index is 12.9. The Morgan fingerprint density at radius 3 is 2.81 bits per heavy atom. The van der Waals surface area contributed by atoms with Crippen molar-refractivity contribution in [2.24, 2.45) is 0 Å². The van der Waals surface area contributed by atoms with Crippen molar-refractivity contribution in [2.45, 2.75) is 25.3 Å². The number of nitrogens with zero attached hydrogens (tertiary/aromatic N) is 3. The largest absolute Gasteiger partial charge is 0.358 e. The van der Waals surface area contributed by atoms with Gasteiger partial charge < -0.3 is 9.78 Å². The molecule has 9 heteroatoms. The summed E-state index contributed by atoms with van der Waals surface area (Å²) in [5.41, 5.74) is 3.68. The van der Waals surface area contributed by atoms with E-state index in [2.05, 4.69) is 10.4 Å². The van der Waals surface area contributed by atoms with Crippen molar-refractivity contribution >= 4 is 35.0 Å². The van der Waals surface area contributed by atoms with Crippen molar-refractivity contribution in [1.29, 1.82) is 0 Å². The minimum atomic E-state index is -0.708. The van der Waals surface area contributed by atoms with Crippen molar-refractivity contribution in [2.75, 3.05) is 13.1 Å². The van der Waals surface area contributed by atoms with Crippen LogP contribution in [0.1, 0.15) is 29.8 Å². The van der Waals surface area contributed by atoms with Gasteiger partial charge in [0.25, 0.3) is 5.91 Å². The van der Waals surface area contributed by atoms with Crippen molar-refractivity contribution in [3.8, 4) is 0 Å². The summed E-state index contributed by atoms with van der Waals surface area (Å²) in [6, 6.07) is 7.85. The fraction of sp³-hybridized carbons (Fsp3) is 0.333. The first-order valence-corrected chi connectivity index (χ1v) is 8.83. The topological polar surface area (TPSA) is 106 Å². The van der Waals surface area contributed by atoms with E-state index in [1.54, 1.807) is 6.07 Å². The van der Waals surface area contributed by atoms with E-state index in [-0.39, 0.29) is 18.9 Å². The number of hydrogen-bond acceptors (Lipinski definition) is 4. The van der Waals surface area contributed by atoms with Gasteiger partial charge in [0.2, 0.25) is 5.91 Å². The smallest absolute Gasteiger partial charge is 0.350 e. The summed E-state index contributed by atoms with van der Waals surface area (Å²) in [4.78, 5) is 52.3. The maximum Gasteiger partial charge on any atom is 0.358 e. The quantitative estimate of drug-likeness (QED) is 0.789. The Balaban J connectivity index is 1.57. The van der Waals surface area contributed by atoms with E-state index >= 15 is 0 Å². The molecule has 0 saturated carbocycles. The molecule has 27 heavy (non-hydrogen) atoms. The van der Waals surface area contributed by atoms with Crippen LogP contribution in [0.3, 0.4) is 0 Å². The van der Waals surface area contributed by atoms with E-state index in [9.17, 15) is 19.2 Å². The predicted molar refractivity (Wildman–Crippen MR) is 95.1 cm³/mol. The molecule has 0 radical (unpaired) electrons. The number of para-hydroxylation sites is 1. The van der Waals surface area contributed by atoms with Crippen LogP contribution < -0.4 is 5.43 Å². The van der Waals surface area contributed by atoms with Crippen molar-refractivity contribution in [3.05, 3.63) is 36.0 Å². The SMILES string of the molecule is O=C[C@@H]1CCCN2C(=O)CCN(NC(=O)c3cc4ccccc4[nH]3)C(=O)N12. The second-order valence-electron chi connectivity index (χ2n) is 6.60. The molecular formula is C18H19N5O4. The molecule has 1 aromatic heterocycles. The Morgan fingerprint density at radius 2 is 2.04 bits per heavy atom. The van der Waals surface area contributed by atoms with Crippen molar-refractivity contribution in [3.63, 3.8) is 0 Å². The Morgan fingerprint density at radius 1 is 1.22 bits per heavy atom. The number of rotatable bonds is 3. The predicted octanol–water partition coefficient (Wildman–Crippen LogP) is 1.05. The second-order valence-corrected chi connectivity index (χ2v) is 6.60. The van der Waals surface area contributed by atoms with Crippen LogP contribution in [-0.4, -0.2) is 63.3 Å². The molecule has 1 aromatic carbocycles. The Labute approximate surface area is 154 Å². The maximum absolute atomic E-state index is 12.9. The third-order valence-corrected chi connectivity index (χ3v) is 4.88. The highest BCUT2D eigenvalue weighted by molar-refractivity contribution is 5.99. The first kappa shape index (κ1) is 17.1. The highest BCUT2D eigenvalue weighted by atomic mass is 16.2. The molecule has 4 rings (SSSR count). The lowest BCUT2D eigenvalue weighted by Gasteiger charge is -2.41. The fourth-order valence-corrected chi connectivity index (χ4v) is 3.51. The van der Waals surface area contributed by atoms with Crippen molar-refractivity contribution < 1.29 is 19.2 Å². The number of aromatic nitrogens is 1. The summed E-state index contributed by atoms with van der Waals surface area (Å²) in [5.74, 6) is -0.725. The molecule has 0 spiro atoms. The summed E-state index contributed by atoms with van der Waals surface area (Å²) >= 11 is 0. The van der Waals surface area contributed by atoms with Crippen LogP contribution in [0.4, 0.5) is 4.79 Å². The first-order chi connectivity index (χ1) is 13.1. The lowest BCUT2D eigenvalue weighted by Crippen LogP contribution is -2.61. The molecule has 9 nitrogen and oxygen atoms in total. The second kappa shape index (κ2) is 6.75. The van der Waals surface area contributed by atoms with Gasteiger partial charge >= 0.3 is 6.03 Å². The number of aromatic amines is 1. The number of amides is 4. The highest BCUT2D eigenvalue weighted by Crippen LogP contribution is 2.22. The highest BCUT2D eigenvalue weighted by Gasteiger charge is 2.41. The van der Waals surface area contributed by atoms with Gasteiger partial charge in [-0.05, 0) is 25.0 Å². The Kier molecular flexibility index (Phi) is 4.27. The average Bonchev–Trinajstić information content (AvgIpc) is 3.09. The third-order valence-electron chi connectivity index (χ3n) is 4.88. The van der Waals surface area contributed by atoms with Gasteiger partial charge in [-0.3, -0.25) is 15.0 Å². The van der Waals surface area contributed by atoms with E-state index in [0.717, 1.165) is 20.9 Å². The van der Waals surface area contributed by atoms with Crippen LogP contribution >= 0.6 is 0 Å². The molecule has 2 aliphatic rings. The minimum absolute atomic E-state index is 0.0439. The zero-order valence-electron chi connectivity index (χ0n) is 14.6. The number of aldehydes is 1. The molecule has 4 amide bonds. The number of fused-ring (bicyclic) bond motifs is 2. The van der Waals surface area contributed by atoms with Crippen LogP contribution in [0.5, 0.6) is 0 Å². The number of nitrogens with one attached hydrogen (secondary N) is 2. The van der Waals surface area contributed by atoms with Crippen LogP contribution in [-0.2, 0) is 9.59 Å². The fourth-order valence-electron chi connectivity index (χ4n) is 3.51. The molecular weight excluding hydrogens is 350 g/mol. The van der Waals surface area contributed by atoms with E-state index in [1.165, 1.54) is 5.01 Å². The van der Waals surface area contributed by atoms with Gasteiger partial charge in [0.15, 0.2) is 0 Å². The number of hydrazine groups is 2. The van der Waals surface area contributed by atoms with Crippen molar-refractivity contribution in [1.82, 2.24) is 25.4 Å². The Hall–Kier alpha value is -3.36. The molecule has 2 saturated heterocycles. The van der Waals surface area contributed by atoms with E-state index in [4.69, 9.17) is 0 Å². The van der Waals surface area contributed by atoms with E-state index in [0.29, 0.717) is 31.4 Å². The first-order valence-electron chi connectivity index (χ1n) is 8.83.